The lowest BCUT2D eigenvalue weighted by Gasteiger charge is -2.18. The molecule has 102 valence electrons. The second kappa shape index (κ2) is 8.47. The molecule has 0 saturated carbocycles. The molecule has 0 aromatic rings. The molecule has 0 radical (unpaired) electrons. The Morgan fingerprint density at radius 1 is 1.18 bits per heavy atom. The largest absolute Gasteiger partial charge is 0.342 e. The van der Waals surface area contributed by atoms with Crippen molar-refractivity contribution in [2.24, 2.45) is 0 Å². The predicted molar refractivity (Wildman–Crippen MR) is 69.7 cm³/mol. The lowest BCUT2D eigenvalue weighted by molar-refractivity contribution is -0.129. The van der Waals surface area contributed by atoms with Gasteiger partial charge in [0.05, 0.1) is 12.3 Å². The molecule has 0 aromatic carbocycles. The number of carbonyl (C=O) groups is 1. The molecule has 0 atom stereocenters. The van der Waals surface area contributed by atoms with Gasteiger partial charge in [-0.3, -0.25) is 4.79 Å². The Balaban J connectivity index is 3.69. The number of hydrogen-bond acceptors (Lipinski definition) is 4. The minimum Gasteiger partial charge on any atom is -0.342 e. The Bertz CT molecular complexity index is 311. The fourth-order valence-electron chi connectivity index (χ4n) is 1.44. The van der Waals surface area contributed by atoms with Crippen molar-refractivity contribution in [3.8, 4) is 0 Å². The van der Waals surface area contributed by atoms with E-state index in [1.165, 1.54) is 0 Å². The zero-order valence-electron chi connectivity index (χ0n) is 11.0. The first-order valence-corrected chi connectivity index (χ1v) is 7.97. The molecule has 0 spiro atoms. The van der Waals surface area contributed by atoms with Crippen molar-refractivity contribution in [3.63, 3.8) is 0 Å². The van der Waals surface area contributed by atoms with Gasteiger partial charge in [-0.15, -0.1) is 0 Å². The van der Waals surface area contributed by atoms with Crippen LogP contribution in [0, 0.1) is 0 Å². The van der Waals surface area contributed by atoms with Crippen LogP contribution in [-0.4, -0.2) is 56.9 Å². The van der Waals surface area contributed by atoms with E-state index in [9.17, 15) is 13.2 Å². The third-order valence-corrected chi connectivity index (χ3v) is 4.43. The zero-order chi connectivity index (χ0) is 13.3. The maximum Gasteiger partial charge on any atom is 0.236 e. The van der Waals surface area contributed by atoms with E-state index in [-0.39, 0.29) is 24.0 Å². The monoisotopic (exact) mass is 264 g/mol. The topological polar surface area (TPSA) is 66.5 Å². The predicted octanol–water partition coefficient (Wildman–Crippen LogP) is 0.269. The van der Waals surface area contributed by atoms with Crippen molar-refractivity contribution < 1.29 is 13.2 Å². The summed E-state index contributed by atoms with van der Waals surface area (Å²) in [7, 11) is -2.88. The Labute approximate surface area is 104 Å². The van der Waals surface area contributed by atoms with Crippen LogP contribution in [0.3, 0.4) is 0 Å². The van der Waals surface area contributed by atoms with Crippen LogP contribution in [-0.2, 0) is 14.6 Å². The molecule has 0 aliphatic carbocycles. The molecule has 0 rings (SSSR count). The fraction of sp³-hybridized carbons (Fsp3) is 0.909. The Kier molecular flexibility index (Phi) is 8.16. The molecule has 0 bridgehead atoms. The van der Waals surface area contributed by atoms with E-state index in [1.54, 1.807) is 11.8 Å². The number of carbonyl (C=O) groups excluding carboxylic acids is 1. The molecule has 0 aliphatic heterocycles. The summed E-state index contributed by atoms with van der Waals surface area (Å²) in [5, 5.41) is 2.98. The van der Waals surface area contributed by atoms with Gasteiger partial charge in [-0.05, 0) is 26.8 Å². The van der Waals surface area contributed by atoms with Gasteiger partial charge in [-0.1, -0.05) is 6.92 Å². The van der Waals surface area contributed by atoms with Crippen LogP contribution >= 0.6 is 0 Å². The Morgan fingerprint density at radius 3 is 2.24 bits per heavy atom. The van der Waals surface area contributed by atoms with E-state index in [1.807, 2.05) is 13.8 Å². The Hall–Kier alpha value is -0.620. The van der Waals surface area contributed by atoms with Gasteiger partial charge in [0.2, 0.25) is 5.91 Å². The normalized spacial score (nSPS) is 11.5. The molecule has 0 aromatic heterocycles. The van der Waals surface area contributed by atoms with E-state index in [2.05, 4.69) is 5.32 Å². The SMILES string of the molecule is CCN(CC)C(=O)CNCCCS(=O)(=O)CC. The standard InChI is InChI=1S/C11H24N2O3S/c1-4-13(5-2)11(14)10-12-8-7-9-17(15,16)6-3/h12H,4-10H2,1-3H3. The molecule has 5 nitrogen and oxygen atoms in total. The van der Waals surface area contributed by atoms with Crippen LogP contribution in [0.25, 0.3) is 0 Å². The minimum atomic E-state index is -2.88. The quantitative estimate of drug-likeness (QED) is 0.607. The average molecular weight is 264 g/mol. The zero-order valence-corrected chi connectivity index (χ0v) is 11.8. The average Bonchev–Trinajstić information content (AvgIpc) is 2.30. The van der Waals surface area contributed by atoms with Crippen LogP contribution in [0.5, 0.6) is 0 Å². The van der Waals surface area contributed by atoms with Crippen molar-refractivity contribution in [2.45, 2.75) is 27.2 Å². The molecule has 1 N–H and O–H groups in total. The lowest BCUT2D eigenvalue weighted by Crippen LogP contribution is -2.38. The maximum absolute atomic E-state index is 11.6. The molecule has 0 unspecified atom stereocenters. The van der Waals surface area contributed by atoms with E-state index in [4.69, 9.17) is 0 Å². The third-order valence-electron chi connectivity index (χ3n) is 2.64. The summed E-state index contributed by atoms with van der Waals surface area (Å²) in [6, 6.07) is 0. The van der Waals surface area contributed by atoms with Gasteiger partial charge in [-0.25, -0.2) is 8.42 Å². The first-order chi connectivity index (χ1) is 7.96. The van der Waals surface area contributed by atoms with Gasteiger partial charge < -0.3 is 10.2 Å². The van der Waals surface area contributed by atoms with E-state index >= 15 is 0 Å². The summed E-state index contributed by atoms with van der Waals surface area (Å²) < 4.78 is 22.4. The molecule has 0 aliphatic rings. The highest BCUT2D eigenvalue weighted by atomic mass is 32.2. The molecule has 6 heteroatoms. The van der Waals surface area contributed by atoms with Crippen molar-refractivity contribution in [3.05, 3.63) is 0 Å². The molecule has 0 fully saturated rings. The van der Waals surface area contributed by atoms with Crippen LogP contribution in [0.2, 0.25) is 0 Å². The van der Waals surface area contributed by atoms with Crippen molar-refractivity contribution in [2.75, 3.05) is 37.7 Å². The maximum atomic E-state index is 11.6. The minimum absolute atomic E-state index is 0.0633. The Morgan fingerprint density at radius 2 is 1.76 bits per heavy atom. The van der Waals surface area contributed by atoms with Gasteiger partial charge in [-0.2, -0.15) is 0 Å². The van der Waals surface area contributed by atoms with Crippen LogP contribution in [0.4, 0.5) is 0 Å². The molecule has 17 heavy (non-hydrogen) atoms. The highest BCUT2D eigenvalue weighted by Crippen LogP contribution is 1.92. The van der Waals surface area contributed by atoms with E-state index in [0.29, 0.717) is 26.1 Å². The first kappa shape index (κ1) is 16.4. The van der Waals surface area contributed by atoms with Gasteiger partial charge in [0.1, 0.15) is 9.84 Å². The van der Waals surface area contributed by atoms with Crippen LogP contribution in [0.1, 0.15) is 27.2 Å². The highest BCUT2D eigenvalue weighted by molar-refractivity contribution is 7.91. The summed E-state index contributed by atoms with van der Waals surface area (Å²) in [6.07, 6.45) is 0.557. The molecule has 0 saturated heterocycles. The highest BCUT2D eigenvalue weighted by Gasteiger charge is 2.09. The van der Waals surface area contributed by atoms with Crippen molar-refractivity contribution >= 4 is 15.7 Å². The van der Waals surface area contributed by atoms with Gasteiger partial charge in [0.25, 0.3) is 0 Å². The molecular weight excluding hydrogens is 240 g/mol. The smallest absolute Gasteiger partial charge is 0.236 e. The van der Waals surface area contributed by atoms with Crippen LogP contribution in [0.15, 0.2) is 0 Å². The fourth-order valence-corrected chi connectivity index (χ4v) is 2.32. The van der Waals surface area contributed by atoms with Crippen LogP contribution < -0.4 is 5.32 Å². The second-order valence-corrected chi connectivity index (χ2v) is 6.31. The summed E-state index contributed by atoms with van der Waals surface area (Å²) in [4.78, 5) is 13.3. The van der Waals surface area contributed by atoms with Gasteiger partial charge in [0, 0.05) is 18.8 Å². The molecule has 0 heterocycles. The number of likely N-dealkylation sites (N-methyl/N-ethyl adjacent to an activating group) is 1. The lowest BCUT2D eigenvalue weighted by atomic mass is 10.4. The number of nitrogens with one attached hydrogen (secondary N) is 1. The van der Waals surface area contributed by atoms with Gasteiger partial charge in [0.15, 0.2) is 0 Å². The van der Waals surface area contributed by atoms with Crippen molar-refractivity contribution in [1.82, 2.24) is 10.2 Å². The summed E-state index contributed by atoms with van der Waals surface area (Å²) in [5.74, 6) is 0.440. The summed E-state index contributed by atoms with van der Waals surface area (Å²) >= 11 is 0. The van der Waals surface area contributed by atoms with Crippen molar-refractivity contribution in [1.29, 1.82) is 0 Å². The number of nitrogens with zero attached hydrogens (tertiary/aromatic N) is 1. The number of amides is 1. The molecular formula is C11H24N2O3S. The van der Waals surface area contributed by atoms with E-state index in [0.717, 1.165) is 0 Å². The second-order valence-electron chi connectivity index (χ2n) is 3.83. The summed E-state index contributed by atoms with van der Waals surface area (Å²) in [5.41, 5.74) is 0. The number of sulfone groups is 1. The number of rotatable bonds is 9. The first-order valence-electron chi connectivity index (χ1n) is 6.15. The summed E-state index contributed by atoms with van der Waals surface area (Å²) in [6.45, 7) is 7.79. The molecule has 1 amide bonds. The van der Waals surface area contributed by atoms with Gasteiger partial charge >= 0.3 is 0 Å². The third kappa shape index (κ3) is 7.33. The van der Waals surface area contributed by atoms with E-state index < -0.39 is 9.84 Å². The number of hydrogen-bond donors (Lipinski definition) is 1.